The molecule has 0 aromatic heterocycles. The molecule has 0 heterocycles. The van der Waals surface area contributed by atoms with Crippen LogP contribution in [-0.2, 0) is 10.1 Å². The summed E-state index contributed by atoms with van der Waals surface area (Å²) in [6.45, 7) is 1.57. The van der Waals surface area contributed by atoms with Crippen molar-refractivity contribution in [3.05, 3.63) is 4.91 Å². The average Bonchev–Trinajstić information content (AvgIpc) is 1.65. The van der Waals surface area contributed by atoms with Gasteiger partial charge in [0.25, 0.3) is 10.1 Å². The van der Waals surface area contributed by atoms with Gasteiger partial charge in [-0.1, -0.05) is 6.92 Å². The zero-order valence-electron chi connectivity index (χ0n) is 5.79. The van der Waals surface area contributed by atoms with E-state index in [4.69, 9.17) is 4.55 Å². The molecule has 0 amide bonds. The molecule has 0 unspecified atom stereocenters. The van der Waals surface area contributed by atoms with Crippen molar-refractivity contribution < 1.29 is 13.0 Å². The molecule has 0 saturated carbocycles. The zero-order valence-corrected chi connectivity index (χ0v) is 9.42. The molecule has 0 spiro atoms. The van der Waals surface area contributed by atoms with Crippen LogP contribution in [0.5, 0.6) is 0 Å². The van der Waals surface area contributed by atoms with Gasteiger partial charge in [0.2, 0.25) is 0 Å². The van der Waals surface area contributed by atoms with E-state index in [-0.39, 0.29) is 40.9 Å². The van der Waals surface area contributed by atoms with Crippen LogP contribution in [0, 0.1) is 0 Å². The predicted octanol–water partition coefficient (Wildman–Crippen LogP) is 0.386. The van der Waals surface area contributed by atoms with Gasteiger partial charge in [-0.15, -0.1) is 0 Å². The Labute approximate surface area is 87.5 Å². The first-order chi connectivity index (χ1) is 4.02. The molecule has 1 radical (unpaired) electrons. The molecule has 1 N–H and O–H groups in total. The second-order valence-corrected chi connectivity index (χ2v) is 3.00. The number of hydrogen-bond donors (Lipinski definition) is 1. The monoisotopic (exact) mass is 189 g/mol. The first-order valence-electron chi connectivity index (χ1n) is 2.23. The number of thiocarbonyl (C=S) groups is 1. The standard InChI is InChI=1S/C4H6O3S2.Na/c1-2-4(3-8)9(5,6)7;/h2H2,1H3,(H,5,6,7);. The maximum atomic E-state index is 10.2. The van der Waals surface area contributed by atoms with Crippen molar-refractivity contribution >= 4 is 56.9 Å². The minimum Gasteiger partial charge on any atom is -0.282 e. The van der Waals surface area contributed by atoms with Gasteiger partial charge in [0, 0.05) is 29.6 Å². The van der Waals surface area contributed by atoms with E-state index >= 15 is 0 Å². The molecule has 0 aromatic carbocycles. The van der Waals surface area contributed by atoms with Crippen molar-refractivity contribution in [1.29, 1.82) is 0 Å². The summed E-state index contributed by atoms with van der Waals surface area (Å²) in [6.07, 6.45) is 0.183. The Kier molecular flexibility index (Phi) is 7.27. The molecule has 0 aliphatic rings. The van der Waals surface area contributed by atoms with Gasteiger partial charge in [-0.25, -0.2) is 0 Å². The Morgan fingerprint density at radius 2 is 2.10 bits per heavy atom. The Balaban J connectivity index is 0. The topological polar surface area (TPSA) is 54.4 Å². The smallest absolute Gasteiger partial charge is 0.282 e. The molecule has 0 atom stereocenters. The molecule has 53 valence electrons. The third-order valence-electron chi connectivity index (χ3n) is 0.746. The molecule has 6 heteroatoms. The van der Waals surface area contributed by atoms with Gasteiger partial charge in [-0.05, 0) is 23.7 Å². The molecule has 0 bridgehead atoms. The summed E-state index contributed by atoms with van der Waals surface area (Å²) in [4.78, 5) is -0.238. The molecule has 0 aromatic rings. The Hall–Kier alpha value is 0.780. The van der Waals surface area contributed by atoms with E-state index in [2.05, 4.69) is 12.2 Å². The van der Waals surface area contributed by atoms with Crippen molar-refractivity contribution in [2.75, 3.05) is 0 Å². The van der Waals surface area contributed by atoms with E-state index in [1.54, 1.807) is 6.92 Å². The summed E-state index contributed by atoms with van der Waals surface area (Å²) < 4.78 is 28.6. The quantitative estimate of drug-likeness (QED) is 0.388. The van der Waals surface area contributed by atoms with Crippen molar-refractivity contribution in [2.45, 2.75) is 13.3 Å². The minimum atomic E-state index is -4.06. The summed E-state index contributed by atoms with van der Waals surface area (Å²) in [5.41, 5.74) is 0. The fourth-order valence-corrected chi connectivity index (χ4v) is 1.24. The van der Waals surface area contributed by atoms with Crippen LogP contribution in [-0.4, -0.2) is 47.6 Å². The van der Waals surface area contributed by atoms with Crippen molar-refractivity contribution in [2.24, 2.45) is 0 Å². The summed E-state index contributed by atoms with van der Waals surface area (Å²) in [7, 11) is -4.06. The first-order valence-corrected chi connectivity index (χ1v) is 4.08. The van der Waals surface area contributed by atoms with Gasteiger partial charge in [0.1, 0.15) is 4.91 Å². The third kappa shape index (κ3) is 4.57. The summed E-state index contributed by atoms with van der Waals surface area (Å²) in [5.74, 6) is 0. The van der Waals surface area contributed by atoms with Gasteiger partial charge in [0.05, 0.1) is 0 Å². The van der Waals surface area contributed by atoms with Gasteiger partial charge >= 0.3 is 0 Å². The molecule has 0 aliphatic heterocycles. The first kappa shape index (κ1) is 13.4. The molecule has 3 nitrogen and oxygen atoms in total. The van der Waals surface area contributed by atoms with Crippen LogP contribution in [0.25, 0.3) is 0 Å². The largest absolute Gasteiger partial charge is 0.298 e. The second kappa shape index (κ2) is 5.43. The molecule has 0 rings (SSSR count). The number of hydrogen-bond acceptors (Lipinski definition) is 3. The number of rotatable bonds is 2. The van der Waals surface area contributed by atoms with E-state index in [1.165, 1.54) is 0 Å². The van der Waals surface area contributed by atoms with Gasteiger partial charge in [-0.3, -0.25) is 4.55 Å². The van der Waals surface area contributed by atoms with Gasteiger partial charge in [-0.2, -0.15) is 8.42 Å². The maximum Gasteiger partial charge on any atom is 0.298 e. The van der Waals surface area contributed by atoms with E-state index in [0.29, 0.717) is 0 Å². The van der Waals surface area contributed by atoms with E-state index in [9.17, 15) is 8.42 Å². The molecule has 10 heavy (non-hydrogen) atoms. The van der Waals surface area contributed by atoms with Crippen molar-refractivity contribution in [1.82, 2.24) is 0 Å². The Bertz CT molecular complexity index is 237. The predicted molar refractivity (Wildman–Crippen MR) is 43.7 cm³/mol. The van der Waals surface area contributed by atoms with Crippen LogP contribution >= 0.6 is 12.2 Å². The fraction of sp³-hybridized carbons (Fsp3) is 0.500. The molecule has 0 saturated heterocycles. The van der Waals surface area contributed by atoms with E-state index in [1.807, 2.05) is 5.02 Å². The van der Waals surface area contributed by atoms with Crippen LogP contribution in [0.15, 0.2) is 4.91 Å². The molecular weight excluding hydrogens is 183 g/mol. The van der Waals surface area contributed by atoms with Crippen LogP contribution in [0.2, 0.25) is 0 Å². The Morgan fingerprint density at radius 1 is 1.70 bits per heavy atom. The van der Waals surface area contributed by atoms with Gasteiger partial charge < -0.3 is 0 Å². The van der Waals surface area contributed by atoms with Crippen LogP contribution < -0.4 is 0 Å². The van der Waals surface area contributed by atoms with Crippen molar-refractivity contribution in [3.63, 3.8) is 0 Å². The molecule has 0 fully saturated rings. The average molecular weight is 189 g/mol. The summed E-state index contributed by atoms with van der Waals surface area (Å²) in [5, 5.41) is 1.95. The minimum absolute atomic E-state index is 0. The van der Waals surface area contributed by atoms with E-state index in [0.717, 1.165) is 0 Å². The fourth-order valence-electron chi connectivity index (χ4n) is 0.307. The maximum absolute atomic E-state index is 10.2. The summed E-state index contributed by atoms with van der Waals surface area (Å²) in [6, 6.07) is 0. The summed E-state index contributed by atoms with van der Waals surface area (Å²) >= 11 is 4.19. The third-order valence-corrected chi connectivity index (χ3v) is 2.14. The molecule has 0 aliphatic carbocycles. The normalized spacial score (nSPS) is 9.40. The number of allylic oxidation sites excluding steroid dienone is 1. The SMILES string of the molecule is CCC(=C=S)S(=O)(=O)O.[Na]. The zero-order chi connectivity index (χ0) is 7.49. The van der Waals surface area contributed by atoms with Crippen LogP contribution in [0.3, 0.4) is 0 Å². The van der Waals surface area contributed by atoms with Crippen LogP contribution in [0.1, 0.15) is 13.3 Å². The van der Waals surface area contributed by atoms with Crippen molar-refractivity contribution in [3.8, 4) is 0 Å². The van der Waals surface area contributed by atoms with E-state index < -0.39 is 10.1 Å². The van der Waals surface area contributed by atoms with Crippen LogP contribution in [0.4, 0.5) is 0 Å². The van der Waals surface area contributed by atoms with Gasteiger partial charge in [0.15, 0.2) is 0 Å². The molecular formula is C4H6NaO3S2. The Morgan fingerprint density at radius 3 is 2.10 bits per heavy atom. The second-order valence-electron chi connectivity index (χ2n) is 1.35.